The third kappa shape index (κ3) is 1.24. The van der Waals surface area contributed by atoms with Gasteiger partial charge in [0.2, 0.25) is 9.84 Å². The first-order chi connectivity index (χ1) is 8.01. The summed E-state index contributed by atoms with van der Waals surface area (Å²) >= 11 is 0. The molecule has 1 aliphatic heterocycles. The highest BCUT2D eigenvalue weighted by atomic mass is 32.2. The minimum Gasteiger partial charge on any atom is -0.506 e. The number of allylic oxidation sites excluding steroid dienone is 1. The van der Waals surface area contributed by atoms with E-state index >= 15 is 0 Å². The van der Waals surface area contributed by atoms with Crippen LogP contribution in [0.25, 0.3) is 16.5 Å². The Morgan fingerprint density at radius 1 is 1.06 bits per heavy atom. The molecule has 0 unspecified atom stereocenters. The van der Waals surface area contributed by atoms with Gasteiger partial charge in [0, 0.05) is 5.56 Å². The van der Waals surface area contributed by atoms with E-state index in [-0.39, 0.29) is 15.6 Å². The molecular weight excluding hydrogens is 236 g/mol. The van der Waals surface area contributed by atoms with Crippen LogP contribution in [0.1, 0.15) is 12.5 Å². The van der Waals surface area contributed by atoms with Gasteiger partial charge in [-0.1, -0.05) is 24.3 Å². The number of sulfone groups is 1. The van der Waals surface area contributed by atoms with Gasteiger partial charge in [-0.05, 0) is 29.8 Å². The maximum atomic E-state index is 12.0. The van der Waals surface area contributed by atoms with E-state index in [9.17, 15) is 13.5 Å². The van der Waals surface area contributed by atoms with E-state index in [0.717, 1.165) is 10.8 Å². The van der Waals surface area contributed by atoms with Crippen LogP contribution in [0, 0.1) is 0 Å². The maximum absolute atomic E-state index is 12.0. The molecule has 1 heterocycles. The third-order valence-electron chi connectivity index (χ3n) is 3.13. The van der Waals surface area contributed by atoms with E-state index in [2.05, 4.69) is 0 Å². The van der Waals surface area contributed by atoms with Crippen LogP contribution in [0.15, 0.2) is 46.2 Å². The van der Waals surface area contributed by atoms with E-state index in [1.165, 1.54) is 6.92 Å². The quantitative estimate of drug-likeness (QED) is 0.777. The molecule has 0 aromatic heterocycles. The van der Waals surface area contributed by atoms with Gasteiger partial charge in [-0.3, -0.25) is 0 Å². The lowest BCUT2D eigenvalue weighted by Gasteiger charge is -2.03. The summed E-state index contributed by atoms with van der Waals surface area (Å²) in [5, 5.41) is 11.6. The number of benzene rings is 2. The monoisotopic (exact) mass is 246 g/mol. The normalized spacial score (nSPS) is 17.5. The molecule has 0 radical (unpaired) electrons. The van der Waals surface area contributed by atoms with Crippen LogP contribution in [0.4, 0.5) is 0 Å². The lowest BCUT2D eigenvalue weighted by atomic mass is 10.1. The first kappa shape index (κ1) is 10.4. The predicted molar refractivity (Wildman–Crippen MR) is 66.4 cm³/mol. The second-order valence-corrected chi connectivity index (χ2v) is 6.16. The predicted octanol–water partition coefficient (Wildman–Crippen LogP) is 2.87. The fourth-order valence-corrected chi connectivity index (χ4v) is 3.53. The molecule has 0 bridgehead atoms. The van der Waals surface area contributed by atoms with Crippen molar-refractivity contribution in [3.05, 3.63) is 46.9 Å². The molecule has 0 atom stereocenters. The SMILES string of the molecule is CC1=C(O)c2cc3ccccc3cc2S1(=O)=O. The van der Waals surface area contributed by atoms with Gasteiger partial charge >= 0.3 is 0 Å². The van der Waals surface area contributed by atoms with Gasteiger partial charge in [0.25, 0.3) is 0 Å². The lowest BCUT2D eigenvalue weighted by molar-refractivity contribution is 0.509. The Balaban J connectivity index is 2.49. The number of aliphatic hydroxyl groups excluding tert-OH is 1. The van der Waals surface area contributed by atoms with Gasteiger partial charge in [0.15, 0.2) is 0 Å². The Kier molecular flexibility index (Phi) is 1.89. The van der Waals surface area contributed by atoms with Crippen molar-refractivity contribution in [2.75, 3.05) is 0 Å². The molecule has 1 N–H and O–H groups in total. The summed E-state index contributed by atoms with van der Waals surface area (Å²) in [5.41, 5.74) is 0.404. The molecule has 2 aromatic rings. The molecule has 86 valence electrons. The topological polar surface area (TPSA) is 54.4 Å². The Labute approximate surface area is 98.9 Å². The molecule has 3 nitrogen and oxygen atoms in total. The van der Waals surface area contributed by atoms with Crippen molar-refractivity contribution >= 4 is 26.4 Å². The van der Waals surface area contributed by atoms with Crippen molar-refractivity contribution in [3.8, 4) is 0 Å². The number of fused-ring (bicyclic) bond motifs is 2. The molecule has 1 aliphatic rings. The fraction of sp³-hybridized carbons (Fsp3) is 0.0769. The van der Waals surface area contributed by atoms with E-state index in [0.29, 0.717) is 5.56 Å². The maximum Gasteiger partial charge on any atom is 0.206 e. The highest BCUT2D eigenvalue weighted by Gasteiger charge is 2.33. The Morgan fingerprint density at radius 3 is 2.29 bits per heavy atom. The van der Waals surface area contributed by atoms with Crippen LogP contribution in [0.3, 0.4) is 0 Å². The summed E-state index contributed by atoms with van der Waals surface area (Å²) < 4.78 is 24.0. The Hall–Kier alpha value is -1.81. The molecule has 0 saturated carbocycles. The molecule has 0 aliphatic carbocycles. The standard InChI is InChI=1S/C13H10O3S/c1-8-13(14)11-6-9-4-2-3-5-10(9)7-12(11)17(8,15)16/h2-7,14H,1H3. The lowest BCUT2D eigenvalue weighted by Crippen LogP contribution is -1.97. The molecule has 0 spiro atoms. The number of hydrogen-bond donors (Lipinski definition) is 1. The highest BCUT2D eigenvalue weighted by Crippen LogP contribution is 2.39. The molecule has 17 heavy (non-hydrogen) atoms. The van der Waals surface area contributed by atoms with E-state index in [4.69, 9.17) is 0 Å². The third-order valence-corrected chi connectivity index (χ3v) is 5.05. The summed E-state index contributed by atoms with van der Waals surface area (Å²) in [6.07, 6.45) is 0. The highest BCUT2D eigenvalue weighted by molar-refractivity contribution is 7.95. The van der Waals surface area contributed by atoms with Crippen molar-refractivity contribution in [1.29, 1.82) is 0 Å². The van der Waals surface area contributed by atoms with Gasteiger partial charge < -0.3 is 5.11 Å². The summed E-state index contributed by atoms with van der Waals surface area (Å²) in [7, 11) is -3.50. The fourth-order valence-electron chi connectivity index (χ4n) is 2.11. The summed E-state index contributed by atoms with van der Waals surface area (Å²) in [6.45, 7) is 1.43. The van der Waals surface area contributed by atoms with Crippen LogP contribution < -0.4 is 0 Å². The molecule has 3 rings (SSSR count). The molecule has 4 heteroatoms. The molecular formula is C13H10O3S. The van der Waals surface area contributed by atoms with Gasteiger partial charge in [-0.15, -0.1) is 0 Å². The summed E-state index contributed by atoms with van der Waals surface area (Å²) in [6, 6.07) is 10.8. The molecule has 0 saturated heterocycles. The van der Waals surface area contributed by atoms with Gasteiger partial charge in [-0.2, -0.15) is 0 Å². The van der Waals surface area contributed by atoms with Crippen molar-refractivity contribution in [1.82, 2.24) is 0 Å². The minimum absolute atomic E-state index is 0.0304. The van der Waals surface area contributed by atoms with E-state index < -0.39 is 9.84 Å². The van der Waals surface area contributed by atoms with Gasteiger partial charge in [0.1, 0.15) is 5.76 Å². The van der Waals surface area contributed by atoms with E-state index in [1.807, 2.05) is 24.3 Å². The average molecular weight is 246 g/mol. The van der Waals surface area contributed by atoms with E-state index in [1.54, 1.807) is 12.1 Å². The van der Waals surface area contributed by atoms with Crippen LogP contribution >= 0.6 is 0 Å². The summed E-state index contributed by atoms with van der Waals surface area (Å²) in [4.78, 5) is 0.231. The van der Waals surface area contributed by atoms with Crippen molar-refractivity contribution < 1.29 is 13.5 Å². The van der Waals surface area contributed by atoms with Crippen LogP contribution in [-0.2, 0) is 9.84 Å². The number of rotatable bonds is 0. The zero-order valence-electron chi connectivity index (χ0n) is 9.14. The van der Waals surface area contributed by atoms with Gasteiger partial charge in [-0.25, -0.2) is 8.42 Å². The zero-order valence-corrected chi connectivity index (χ0v) is 9.95. The zero-order chi connectivity index (χ0) is 12.2. The van der Waals surface area contributed by atoms with Crippen molar-refractivity contribution in [3.63, 3.8) is 0 Å². The number of aliphatic hydroxyl groups is 1. The summed E-state index contributed by atoms with van der Waals surface area (Å²) in [5.74, 6) is -0.134. The first-order valence-electron chi connectivity index (χ1n) is 5.20. The molecule has 2 aromatic carbocycles. The smallest absolute Gasteiger partial charge is 0.206 e. The van der Waals surface area contributed by atoms with Crippen LogP contribution in [0.2, 0.25) is 0 Å². The molecule has 0 fully saturated rings. The van der Waals surface area contributed by atoms with Gasteiger partial charge in [0.05, 0.1) is 9.80 Å². The van der Waals surface area contributed by atoms with Crippen molar-refractivity contribution in [2.45, 2.75) is 11.8 Å². The molecule has 0 amide bonds. The Morgan fingerprint density at radius 2 is 1.65 bits per heavy atom. The van der Waals surface area contributed by atoms with Crippen LogP contribution in [0.5, 0.6) is 0 Å². The van der Waals surface area contributed by atoms with Crippen molar-refractivity contribution in [2.24, 2.45) is 0 Å². The average Bonchev–Trinajstić information content (AvgIpc) is 2.49. The largest absolute Gasteiger partial charge is 0.506 e. The minimum atomic E-state index is -3.50. The van der Waals surface area contributed by atoms with Crippen LogP contribution in [-0.4, -0.2) is 13.5 Å². The second-order valence-electron chi connectivity index (χ2n) is 4.10. The second kappa shape index (κ2) is 3.11. The first-order valence-corrected chi connectivity index (χ1v) is 6.68. The Bertz CT molecular complexity index is 770. The number of hydrogen-bond acceptors (Lipinski definition) is 3.